The Morgan fingerprint density at radius 3 is 2.65 bits per heavy atom. The van der Waals surface area contributed by atoms with Crippen molar-refractivity contribution in [3.63, 3.8) is 0 Å². The third-order valence-corrected chi connectivity index (χ3v) is 2.46. The van der Waals surface area contributed by atoms with E-state index in [-0.39, 0.29) is 5.76 Å². The molecule has 0 aromatic rings. The number of amides is 1. The van der Waals surface area contributed by atoms with E-state index in [1.54, 1.807) is 0 Å². The molecule has 0 saturated carbocycles. The minimum atomic E-state index is -1.58. The molecule has 20 heavy (non-hydrogen) atoms. The van der Waals surface area contributed by atoms with Crippen LogP contribution in [-0.2, 0) is 23.9 Å². The van der Waals surface area contributed by atoms with E-state index in [1.165, 1.54) is 6.92 Å². The van der Waals surface area contributed by atoms with E-state index in [2.05, 4.69) is 20.1 Å². The smallest absolute Gasteiger partial charge is 0.373 e. The van der Waals surface area contributed by atoms with Crippen molar-refractivity contribution in [2.24, 2.45) is 5.11 Å². The summed E-state index contributed by atoms with van der Waals surface area (Å²) in [6, 6.07) is -2.22. The molecule has 1 heterocycles. The second-order valence-corrected chi connectivity index (χ2v) is 3.82. The van der Waals surface area contributed by atoms with Crippen molar-refractivity contribution in [1.29, 1.82) is 0 Å². The highest BCUT2D eigenvalue weighted by atomic mass is 16.6. The summed E-state index contributed by atoms with van der Waals surface area (Å²) >= 11 is 0. The average Bonchev–Trinajstić information content (AvgIpc) is 2.38. The molecule has 0 unspecified atom stereocenters. The Labute approximate surface area is 113 Å². The summed E-state index contributed by atoms with van der Waals surface area (Å²) in [5, 5.41) is 14.8. The number of aliphatic carboxylic acids is 1. The molecule has 10 nitrogen and oxygen atoms in total. The predicted octanol–water partition coefficient (Wildman–Crippen LogP) is -0.290. The third-order valence-electron chi connectivity index (χ3n) is 2.46. The first-order valence-corrected chi connectivity index (χ1v) is 5.41. The summed E-state index contributed by atoms with van der Waals surface area (Å²) < 4.78 is 9.39. The Balaban J connectivity index is 3.21. The molecule has 3 atom stereocenters. The second-order valence-electron chi connectivity index (χ2n) is 3.82. The van der Waals surface area contributed by atoms with Gasteiger partial charge in [0.1, 0.15) is 0 Å². The molecular formula is C10H12N4O6. The van der Waals surface area contributed by atoms with Crippen LogP contribution in [0.4, 0.5) is 0 Å². The fourth-order valence-corrected chi connectivity index (χ4v) is 1.67. The van der Waals surface area contributed by atoms with Crippen LogP contribution in [0.3, 0.4) is 0 Å². The minimum absolute atomic E-state index is 0.390. The SMILES string of the molecule is COC(=O)C1=C[C@H](N=[N+]=[N-])[C@@H](NC(C)=O)[C@H](C(=O)O)O1. The van der Waals surface area contributed by atoms with Crippen LogP contribution >= 0.6 is 0 Å². The normalized spacial score (nSPS) is 24.5. The van der Waals surface area contributed by atoms with Gasteiger partial charge in [0.15, 0.2) is 0 Å². The van der Waals surface area contributed by atoms with Crippen LogP contribution < -0.4 is 5.32 Å². The molecule has 1 aliphatic rings. The first-order valence-electron chi connectivity index (χ1n) is 5.41. The van der Waals surface area contributed by atoms with Crippen LogP contribution in [-0.4, -0.2) is 48.2 Å². The molecular weight excluding hydrogens is 272 g/mol. The van der Waals surface area contributed by atoms with Gasteiger partial charge in [-0.25, -0.2) is 9.59 Å². The van der Waals surface area contributed by atoms with Gasteiger partial charge in [-0.2, -0.15) is 0 Å². The lowest BCUT2D eigenvalue weighted by Gasteiger charge is -2.32. The number of methoxy groups -OCH3 is 1. The van der Waals surface area contributed by atoms with Crippen molar-refractivity contribution in [3.8, 4) is 0 Å². The van der Waals surface area contributed by atoms with Crippen molar-refractivity contribution in [3.05, 3.63) is 22.3 Å². The lowest BCUT2D eigenvalue weighted by molar-refractivity contribution is -0.155. The minimum Gasteiger partial charge on any atom is -0.478 e. The molecule has 0 aromatic heterocycles. The van der Waals surface area contributed by atoms with E-state index in [9.17, 15) is 14.4 Å². The van der Waals surface area contributed by atoms with Gasteiger partial charge in [0.05, 0.1) is 19.2 Å². The van der Waals surface area contributed by atoms with Crippen LogP contribution in [0, 0.1) is 0 Å². The number of esters is 1. The molecule has 108 valence electrons. The van der Waals surface area contributed by atoms with Gasteiger partial charge >= 0.3 is 11.9 Å². The Hall–Kier alpha value is -2.74. The molecule has 10 heteroatoms. The van der Waals surface area contributed by atoms with Gasteiger partial charge in [0.25, 0.3) is 0 Å². The molecule has 1 rings (SSSR count). The zero-order chi connectivity index (χ0) is 15.3. The molecule has 0 radical (unpaired) electrons. The number of nitrogens with zero attached hydrogens (tertiary/aromatic N) is 3. The van der Waals surface area contributed by atoms with Gasteiger partial charge < -0.3 is 19.9 Å². The monoisotopic (exact) mass is 284 g/mol. The van der Waals surface area contributed by atoms with Crippen molar-refractivity contribution in [2.45, 2.75) is 25.1 Å². The zero-order valence-corrected chi connectivity index (χ0v) is 10.6. The van der Waals surface area contributed by atoms with Gasteiger partial charge in [-0.1, -0.05) is 5.11 Å². The van der Waals surface area contributed by atoms with Gasteiger partial charge in [-0.15, -0.1) is 0 Å². The van der Waals surface area contributed by atoms with Gasteiger partial charge in [-0.05, 0) is 11.6 Å². The quantitative estimate of drug-likeness (QED) is 0.313. The average molecular weight is 284 g/mol. The molecule has 0 aliphatic carbocycles. The van der Waals surface area contributed by atoms with Crippen LogP contribution in [0.1, 0.15) is 6.92 Å². The maximum absolute atomic E-state index is 11.4. The summed E-state index contributed by atoms with van der Waals surface area (Å²) in [7, 11) is 1.09. The maximum Gasteiger partial charge on any atom is 0.373 e. The summed E-state index contributed by atoms with van der Waals surface area (Å²) in [4.78, 5) is 36.2. The molecule has 0 aromatic carbocycles. The zero-order valence-electron chi connectivity index (χ0n) is 10.6. The number of carbonyl (C=O) groups is 3. The molecule has 1 amide bonds. The van der Waals surface area contributed by atoms with E-state index in [0.717, 1.165) is 13.2 Å². The number of rotatable bonds is 4. The second kappa shape index (κ2) is 6.43. The fourth-order valence-electron chi connectivity index (χ4n) is 1.67. The number of hydrogen-bond donors (Lipinski definition) is 2. The van der Waals surface area contributed by atoms with Gasteiger partial charge in [0.2, 0.25) is 17.8 Å². The summed E-state index contributed by atoms with van der Waals surface area (Å²) in [5.74, 6) is -3.25. The largest absolute Gasteiger partial charge is 0.478 e. The number of carboxylic acid groups (broad SMARTS) is 1. The highest BCUT2D eigenvalue weighted by Gasteiger charge is 2.41. The molecule has 1 aliphatic heterocycles. The summed E-state index contributed by atoms with van der Waals surface area (Å²) in [6.45, 7) is 1.17. The first-order chi connectivity index (χ1) is 9.40. The topological polar surface area (TPSA) is 151 Å². The van der Waals surface area contributed by atoms with Crippen molar-refractivity contribution in [1.82, 2.24) is 5.32 Å². The van der Waals surface area contributed by atoms with Gasteiger partial charge in [0, 0.05) is 11.8 Å². The Bertz CT molecular complexity index is 510. The van der Waals surface area contributed by atoms with E-state index in [1.807, 2.05) is 0 Å². The van der Waals surface area contributed by atoms with E-state index < -0.39 is 36.0 Å². The van der Waals surface area contributed by atoms with Crippen molar-refractivity contribution < 1.29 is 29.0 Å². The number of hydrogen-bond acceptors (Lipinski definition) is 6. The highest BCUT2D eigenvalue weighted by Crippen LogP contribution is 2.22. The Kier molecular flexibility index (Phi) is 4.93. The number of carboxylic acids is 1. The lowest BCUT2D eigenvalue weighted by atomic mass is 9.99. The number of azide groups is 1. The fraction of sp³-hybridized carbons (Fsp3) is 0.500. The predicted molar refractivity (Wildman–Crippen MR) is 63.1 cm³/mol. The van der Waals surface area contributed by atoms with Crippen LogP contribution in [0.25, 0.3) is 10.4 Å². The Morgan fingerprint density at radius 1 is 1.55 bits per heavy atom. The molecule has 0 spiro atoms. The van der Waals surface area contributed by atoms with Crippen LogP contribution in [0.5, 0.6) is 0 Å². The van der Waals surface area contributed by atoms with E-state index in [0.29, 0.717) is 0 Å². The van der Waals surface area contributed by atoms with E-state index >= 15 is 0 Å². The summed E-state index contributed by atoms with van der Waals surface area (Å²) in [6.07, 6.45) is -0.473. The number of carbonyl (C=O) groups excluding carboxylic acids is 2. The van der Waals surface area contributed by atoms with Crippen molar-refractivity contribution in [2.75, 3.05) is 7.11 Å². The third kappa shape index (κ3) is 3.39. The van der Waals surface area contributed by atoms with Gasteiger partial charge in [-0.3, -0.25) is 4.79 Å². The molecule has 0 fully saturated rings. The molecule has 2 N–H and O–H groups in total. The first kappa shape index (κ1) is 15.3. The molecule has 0 saturated heterocycles. The molecule has 0 bridgehead atoms. The highest BCUT2D eigenvalue weighted by molar-refractivity contribution is 5.88. The number of nitrogens with one attached hydrogen (secondary N) is 1. The lowest BCUT2D eigenvalue weighted by Crippen LogP contribution is -2.55. The number of ether oxygens (including phenoxy) is 2. The Morgan fingerprint density at radius 2 is 2.20 bits per heavy atom. The summed E-state index contributed by atoms with van der Waals surface area (Å²) in [5.41, 5.74) is 8.49. The van der Waals surface area contributed by atoms with E-state index in [4.69, 9.17) is 15.4 Å². The van der Waals surface area contributed by atoms with Crippen LogP contribution in [0.2, 0.25) is 0 Å². The van der Waals surface area contributed by atoms with Crippen molar-refractivity contribution >= 4 is 17.8 Å². The maximum atomic E-state index is 11.4. The standard InChI is InChI=1S/C10H12N4O6/c1-4(15)12-7-5(13-14-11)3-6(10(18)19-2)20-8(7)9(16)17/h3,5,7-8H,1-2H3,(H,12,15)(H,16,17)/t5-,7+,8+/m0/s1. The van der Waals surface area contributed by atoms with Crippen LogP contribution in [0.15, 0.2) is 16.9 Å².